The lowest BCUT2D eigenvalue weighted by Gasteiger charge is -2.23. The Balaban J connectivity index is 0.000000113. The number of benzene rings is 8. The Bertz CT molecular complexity index is 6980. The van der Waals surface area contributed by atoms with Gasteiger partial charge < -0.3 is 19.4 Å². The summed E-state index contributed by atoms with van der Waals surface area (Å²) in [5.41, 5.74) is 28.5. The van der Waals surface area contributed by atoms with E-state index in [0.717, 1.165) is 171 Å². The summed E-state index contributed by atoms with van der Waals surface area (Å²) in [6, 6.07) is 78.2. The molecule has 0 saturated heterocycles. The highest BCUT2D eigenvalue weighted by Gasteiger charge is 2.29. The quantitative estimate of drug-likeness (QED) is 0.0864. The summed E-state index contributed by atoms with van der Waals surface area (Å²) in [5, 5.41) is 9.39. The Hall–Kier alpha value is -11.1. The molecule has 0 bridgehead atoms. The predicted octanol–water partition coefficient (Wildman–Crippen LogP) is 29.9. The van der Waals surface area contributed by atoms with E-state index < -0.39 is 0 Å². The van der Waals surface area contributed by atoms with E-state index >= 15 is 0 Å². The van der Waals surface area contributed by atoms with Gasteiger partial charge in [-0.2, -0.15) is 0 Å². The molecule has 1 aliphatic heterocycles. The summed E-state index contributed by atoms with van der Waals surface area (Å²) in [5.74, 6) is 3.39. The molecule has 7 aliphatic rings. The SMILES string of the molecule is CB(O)c1ccc(-c2ccccc2)s1.CC(=O)c1cc2c(s1)-c1ccc(Br)cc1CC2.CC(=O)c1cc2c(s1)-c1ccc(C)cc1CC2.CC(=O)c1cc2c(s1)-c1ccc(F)cc1CC2.CC(=O)c1cc2c(s1)-c1ccc(N(C)C)cc1CC2.CC(=O)c1ccc(-c2cccc3c2OCC3)s1.CC(=O)c1ccc(C2CCc3ccccc3C2)s1.COc1ccc2c(c1)CCc1cc(C(C)=O)sc1-2. The van der Waals surface area contributed by atoms with Gasteiger partial charge in [0.25, 0.3) is 0 Å². The van der Waals surface area contributed by atoms with Crippen LogP contribution in [0.4, 0.5) is 10.1 Å². The molecule has 22 heteroatoms. The van der Waals surface area contributed by atoms with Crippen molar-refractivity contribution in [1.82, 2.24) is 0 Å². The number of hydrogen-bond acceptors (Lipinski definition) is 19. The molecule has 0 spiro atoms. The monoisotopic (exact) mass is 2030 g/mol. The molecule has 0 radical (unpaired) electrons. The molecule has 9 heterocycles. The van der Waals surface area contributed by atoms with E-state index in [2.05, 4.69) is 200 Å². The summed E-state index contributed by atoms with van der Waals surface area (Å²) >= 11 is 16.4. The summed E-state index contributed by atoms with van der Waals surface area (Å²) < 4.78 is 26.2. The number of nitrogens with zero attached hydrogens (tertiary/aromatic N) is 1. The number of carbonyl (C=O) groups excluding carboxylic acids is 7. The second-order valence-corrected chi connectivity index (χ2v) is 44.9. The lowest BCUT2D eigenvalue weighted by molar-refractivity contribution is 0.101. The number of thiophene rings is 8. The molecule has 11 nitrogen and oxygen atoms in total. The second-order valence-electron chi connectivity index (χ2n) is 35.5. The van der Waals surface area contributed by atoms with Gasteiger partial charge in [0.1, 0.15) is 17.3 Å². The normalized spacial score (nSPS) is 13.4. The first kappa shape index (κ1) is 98.9. The Morgan fingerprint density at radius 2 is 0.810 bits per heavy atom. The maximum absolute atomic E-state index is 13.2. The van der Waals surface area contributed by atoms with Crippen LogP contribution in [-0.2, 0) is 83.5 Å². The Morgan fingerprint density at radius 3 is 1.30 bits per heavy atom. The van der Waals surface area contributed by atoms with Crippen LogP contribution in [0.3, 0.4) is 0 Å². The van der Waals surface area contributed by atoms with E-state index in [1.54, 1.807) is 136 Å². The highest BCUT2D eigenvalue weighted by atomic mass is 79.9. The summed E-state index contributed by atoms with van der Waals surface area (Å²) in [7, 11) is 5.82. The number of carbonyl (C=O) groups is 7. The van der Waals surface area contributed by atoms with Gasteiger partial charge in [0, 0.05) is 80.0 Å². The number of aryl methyl sites for hydroxylation is 12. The van der Waals surface area contributed by atoms with Crippen LogP contribution in [-0.4, -0.2) is 80.2 Å². The molecule has 0 saturated carbocycles. The second kappa shape index (κ2) is 44.4. The van der Waals surface area contributed by atoms with Crippen molar-refractivity contribution in [2.75, 3.05) is 32.7 Å². The van der Waals surface area contributed by atoms with E-state index in [-0.39, 0.29) is 53.2 Å². The Labute approximate surface area is 842 Å². The molecular formula is C115H106BBrFNO10S8. The molecule has 696 valence electrons. The molecule has 23 rings (SSSR count). The van der Waals surface area contributed by atoms with Crippen molar-refractivity contribution in [3.63, 3.8) is 0 Å². The van der Waals surface area contributed by atoms with Crippen LogP contribution < -0.4 is 19.2 Å². The third-order valence-electron chi connectivity index (χ3n) is 25.4. The first-order valence-electron chi connectivity index (χ1n) is 46.2. The van der Waals surface area contributed by atoms with Gasteiger partial charge in [-0.15, -0.1) is 90.7 Å². The third kappa shape index (κ3) is 23.4. The van der Waals surface area contributed by atoms with Gasteiger partial charge >= 0.3 is 6.92 Å². The number of ketones is 7. The minimum atomic E-state index is -0.363. The van der Waals surface area contributed by atoms with Gasteiger partial charge in [0.2, 0.25) is 0 Å². The zero-order chi connectivity index (χ0) is 96.6. The topological polar surface area (TPSA) is 161 Å². The standard InChI is InChI=1S/C16H17NOS.C16H16OS.C15H14O2S.C15H14OS.C14H11BrOS.C14H11FOS.C14H12O2S.C11H11BOS/c1-10(18)15-9-12-5-4-11-8-13(17(2)3)6-7-14(11)16(12)19-15;1-11(17)15-8-9-16(18-15)14-7-6-12-4-2-3-5-13(12)10-14;1-9(16)14-8-11-4-3-10-7-12(17-2)5-6-13(10)15(11)18-14;1-9-3-6-13-11(7-9)4-5-12-8-14(10(2)16)17-15(12)13;2*1-8(16)13-7-10-3-2-9-6-11(15)4-5-12(9)14(10)17-13;1-9(15)12-5-6-13(17-12)11-4-2-3-10-7-8-16-14(10)11;1-12(13)11-8-7-10(14-11)9-5-3-2-4-6-9/h6-9H,4-5H2,1-3H3;2-5,8-9,14H,6-7,10H2,1H3;5-8H,3-4H2,1-2H3;3,6-8H,4-5H2,1-2H3;2*4-7H,2-3H2,1H3;2-6H,7-8H2,1H3;2-8,13H,1H3. The molecular weight excluding hydrogens is 1920 g/mol. The number of methoxy groups -OCH3 is 1. The van der Waals surface area contributed by atoms with Crippen LogP contribution in [0, 0.1) is 12.7 Å². The maximum atomic E-state index is 13.2. The van der Waals surface area contributed by atoms with Crippen molar-refractivity contribution in [2.24, 2.45) is 0 Å². The molecule has 6 aliphatic carbocycles. The van der Waals surface area contributed by atoms with Crippen LogP contribution in [0.15, 0.2) is 235 Å². The first-order valence-corrected chi connectivity index (χ1v) is 53.5. The van der Waals surface area contributed by atoms with Gasteiger partial charge in [-0.3, -0.25) is 33.6 Å². The van der Waals surface area contributed by atoms with Gasteiger partial charge in [-0.25, -0.2) is 4.39 Å². The smallest absolute Gasteiger partial charge is 0.330 e. The van der Waals surface area contributed by atoms with Crippen molar-refractivity contribution in [3.8, 4) is 84.6 Å². The minimum Gasteiger partial charge on any atom is -0.497 e. The molecule has 1 N–H and O–H groups in total. The van der Waals surface area contributed by atoms with E-state index in [1.165, 1.54) is 170 Å². The van der Waals surface area contributed by atoms with Crippen molar-refractivity contribution in [3.05, 3.63) is 358 Å². The van der Waals surface area contributed by atoms with E-state index in [0.29, 0.717) is 5.92 Å². The molecule has 8 aromatic heterocycles. The van der Waals surface area contributed by atoms with Gasteiger partial charge in [0.15, 0.2) is 40.5 Å². The molecule has 0 fully saturated rings. The number of halogens is 2. The largest absolute Gasteiger partial charge is 0.497 e. The lowest BCUT2D eigenvalue weighted by Crippen LogP contribution is -2.21. The maximum Gasteiger partial charge on any atom is 0.330 e. The minimum absolute atomic E-state index is 0.105. The number of ether oxygens (including phenoxy) is 2. The van der Waals surface area contributed by atoms with E-state index in [4.69, 9.17) is 9.47 Å². The highest BCUT2D eigenvalue weighted by molar-refractivity contribution is 9.10. The number of anilines is 1. The number of Topliss-reactive ketones (excluding diaryl/α,β-unsaturated/α-hetero) is 7. The van der Waals surface area contributed by atoms with Crippen LogP contribution in [0.5, 0.6) is 11.5 Å². The summed E-state index contributed by atoms with van der Waals surface area (Å²) in [4.78, 5) is 98.0. The molecule has 137 heavy (non-hydrogen) atoms. The molecule has 16 aromatic rings. The zero-order valence-corrected chi connectivity index (χ0v) is 86.9. The zero-order valence-electron chi connectivity index (χ0n) is 78.8. The predicted molar refractivity (Wildman–Crippen MR) is 577 cm³/mol. The average Bonchev–Trinajstić information content (AvgIpc) is 1.65. The molecule has 1 atom stereocenters. The van der Waals surface area contributed by atoms with Gasteiger partial charge in [0.05, 0.1) is 47.9 Å². The van der Waals surface area contributed by atoms with E-state index in [1.807, 2.05) is 60.7 Å². The average molecular weight is 2030 g/mol. The summed E-state index contributed by atoms with van der Waals surface area (Å²) in [6.07, 6.45) is 14.6. The van der Waals surface area contributed by atoms with Crippen molar-refractivity contribution in [1.29, 1.82) is 0 Å². The molecule has 1 unspecified atom stereocenters. The van der Waals surface area contributed by atoms with Crippen molar-refractivity contribution < 1.29 is 52.4 Å². The fraction of sp³-hybridized carbons (Fsp3) is 0.243. The van der Waals surface area contributed by atoms with Crippen LogP contribution >= 0.6 is 107 Å². The fourth-order valence-corrected chi connectivity index (χ4v) is 27.2. The highest BCUT2D eigenvalue weighted by Crippen LogP contribution is 2.48. The molecule has 8 aromatic carbocycles. The van der Waals surface area contributed by atoms with Crippen molar-refractivity contribution >= 4 is 164 Å². The summed E-state index contributed by atoms with van der Waals surface area (Å²) in [6.45, 7) is 15.7. The van der Waals surface area contributed by atoms with E-state index in [9.17, 15) is 43.0 Å². The number of para-hydroxylation sites is 1. The van der Waals surface area contributed by atoms with Gasteiger partial charge in [-0.1, -0.05) is 138 Å². The third-order valence-corrected chi connectivity index (χ3v) is 36.3. The first-order chi connectivity index (χ1) is 66.0. The molecule has 0 amide bonds. The lowest BCUT2D eigenvalue weighted by atomic mass is 9.70. The number of rotatable bonds is 13. The van der Waals surface area contributed by atoms with Crippen LogP contribution in [0.25, 0.3) is 73.1 Å². The number of fused-ring (bicyclic) bond motifs is 17. The fourth-order valence-electron chi connectivity index (χ4n) is 18.1. The Morgan fingerprint density at radius 1 is 0.380 bits per heavy atom. The Kier molecular flexibility index (Phi) is 32.0. The van der Waals surface area contributed by atoms with Crippen LogP contribution in [0.1, 0.15) is 211 Å². The van der Waals surface area contributed by atoms with Gasteiger partial charge in [-0.05, 0) is 372 Å². The van der Waals surface area contributed by atoms with Crippen molar-refractivity contribution in [2.45, 2.75) is 158 Å². The van der Waals surface area contributed by atoms with Crippen LogP contribution in [0.2, 0.25) is 6.82 Å². The number of hydrogen-bond donors (Lipinski definition) is 1.